The topological polar surface area (TPSA) is 106 Å². The fourth-order valence-electron chi connectivity index (χ4n) is 4.85. The van der Waals surface area contributed by atoms with E-state index in [0.29, 0.717) is 41.8 Å². The van der Waals surface area contributed by atoms with Crippen LogP contribution in [-0.2, 0) is 32.1 Å². The number of carbonyl (C=O) groups excluding carboxylic acids is 1. The molecule has 0 saturated carbocycles. The lowest BCUT2D eigenvalue weighted by molar-refractivity contribution is -0.147. The van der Waals surface area contributed by atoms with Crippen LogP contribution in [0.3, 0.4) is 0 Å². The Balaban J connectivity index is 1.33. The number of H-pyrrole nitrogens is 1. The summed E-state index contributed by atoms with van der Waals surface area (Å²) in [6.07, 6.45) is -3.61. The van der Waals surface area contributed by atoms with Crippen molar-refractivity contribution in [2.24, 2.45) is 0 Å². The van der Waals surface area contributed by atoms with Gasteiger partial charge in [0.25, 0.3) is 11.5 Å². The Bertz CT molecular complexity index is 1580. The molecule has 0 fully saturated rings. The summed E-state index contributed by atoms with van der Waals surface area (Å²) in [6.45, 7) is 0.367. The second-order valence-electron chi connectivity index (χ2n) is 8.77. The summed E-state index contributed by atoms with van der Waals surface area (Å²) in [7, 11) is 0. The molecule has 4 heterocycles. The molecule has 6 rings (SSSR count). The van der Waals surface area contributed by atoms with E-state index >= 15 is 0 Å². The number of aromatic amines is 1. The number of rotatable bonds is 3. The lowest BCUT2D eigenvalue weighted by Gasteiger charge is -2.28. The molecule has 12 heteroatoms. The first-order valence-corrected chi connectivity index (χ1v) is 11.3. The van der Waals surface area contributed by atoms with Crippen LogP contribution in [0.15, 0.2) is 41.2 Å². The number of aromatic nitrogens is 5. The van der Waals surface area contributed by atoms with Gasteiger partial charge >= 0.3 is 6.18 Å². The summed E-state index contributed by atoms with van der Waals surface area (Å²) in [6, 6.07) is 10.9. The zero-order chi connectivity index (χ0) is 25.0. The maximum Gasteiger partial charge on any atom is 0.451 e. The molecule has 36 heavy (non-hydrogen) atoms. The van der Waals surface area contributed by atoms with Crippen molar-refractivity contribution < 1.29 is 22.7 Å². The standard InChI is InChI=1S/C24H19F3N6O3/c25-24(26,27)23-31-29-19-12-32(6-7-33(19)23)22(35)17-10-13(9-14-5-8-36-20(14)17)11-18-15-3-1-2-4-16(15)21(34)30-28-18/h1-4,9-10H,5-8,11-12H2,(H,30,34). The smallest absolute Gasteiger partial charge is 0.451 e. The quantitative estimate of drug-likeness (QED) is 0.468. The van der Waals surface area contributed by atoms with Gasteiger partial charge in [-0.2, -0.15) is 18.3 Å². The SMILES string of the molecule is O=C(c1cc(Cc2n[nH]c(=O)c3ccccc23)cc2c1OCC2)N1CCn2c(nnc2C(F)(F)F)C1. The number of hydrogen-bond donors (Lipinski definition) is 1. The Morgan fingerprint density at radius 2 is 1.92 bits per heavy atom. The van der Waals surface area contributed by atoms with Crippen LogP contribution in [0.1, 0.15) is 38.8 Å². The van der Waals surface area contributed by atoms with Crippen LogP contribution < -0.4 is 10.3 Å². The Labute approximate surface area is 201 Å². The highest BCUT2D eigenvalue weighted by Gasteiger charge is 2.40. The number of fused-ring (bicyclic) bond motifs is 3. The van der Waals surface area contributed by atoms with Crippen LogP contribution in [0.25, 0.3) is 10.8 Å². The molecule has 2 aliphatic rings. The Morgan fingerprint density at radius 1 is 1.11 bits per heavy atom. The zero-order valence-corrected chi connectivity index (χ0v) is 18.8. The van der Waals surface area contributed by atoms with Gasteiger partial charge in [0.1, 0.15) is 5.75 Å². The molecule has 0 bridgehead atoms. The number of amides is 1. The predicted molar refractivity (Wildman–Crippen MR) is 121 cm³/mol. The van der Waals surface area contributed by atoms with Gasteiger partial charge in [-0.05, 0) is 23.3 Å². The molecule has 184 valence electrons. The molecule has 0 radical (unpaired) electrons. The van der Waals surface area contributed by atoms with Gasteiger partial charge in [0.05, 0.1) is 29.8 Å². The minimum absolute atomic E-state index is 0.0566. The number of halogens is 3. The first-order chi connectivity index (χ1) is 17.3. The Hall–Kier alpha value is -4.22. The molecule has 0 aliphatic carbocycles. The Kier molecular flexibility index (Phi) is 5.06. The predicted octanol–water partition coefficient (Wildman–Crippen LogP) is 2.72. The van der Waals surface area contributed by atoms with Gasteiger partial charge in [0.2, 0.25) is 5.82 Å². The molecule has 2 aromatic carbocycles. The van der Waals surface area contributed by atoms with E-state index in [2.05, 4.69) is 20.4 Å². The molecular formula is C24H19F3N6O3. The molecule has 0 spiro atoms. The van der Waals surface area contributed by atoms with E-state index in [9.17, 15) is 22.8 Å². The van der Waals surface area contributed by atoms with Gasteiger partial charge < -0.3 is 14.2 Å². The molecule has 0 saturated heterocycles. The Morgan fingerprint density at radius 3 is 2.72 bits per heavy atom. The van der Waals surface area contributed by atoms with E-state index in [1.54, 1.807) is 18.2 Å². The third-order valence-corrected chi connectivity index (χ3v) is 6.51. The molecular weight excluding hydrogens is 477 g/mol. The van der Waals surface area contributed by atoms with Crippen molar-refractivity contribution in [1.82, 2.24) is 29.9 Å². The molecule has 0 unspecified atom stereocenters. The van der Waals surface area contributed by atoms with E-state index in [-0.39, 0.29) is 36.9 Å². The average molecular weight is 496 g/mol. The lowest BCUT2D eigenvalue weighted by Crippen LogP contribution is -2.39. The third-order valence-electron chi connectivity index (χ3n) is 6.51. The van der Waals surface area contributed by atoms with Gasteiger partial charge in [-0.1, -0.05) is 24.3 Å². The molecule has 1 amide bonds. The number of nitrogens with one attached hydrogen (secondary N) is 1. The van der Waals surface area contributed by atoms with Crippen molar-refractivity contribution in [3.63, 3.8) is 0 Å². The highest BCUT2D eigenvalue weighted by atomic mass is 19.4. The maximum atomic E-state index is 13.5. The number of benzene rings is 2. The minimum Gasteiger partial charge on any atom is -0.492 e. The van der Waals surface area contributed by atoms with Crippen LogP contribution in [0.2, 0.25) is 0 Å². The second-order valence-corrected chi connectivity index (χ2v) is 8.77. The summed E-state index contributed by atoms with van der Waals surface area (Å²) in [4.78, 5) is 27.1. The number of hydrogen-bond acceptors (Lipinski definition) is 6. The average Bonchev–Trinajstić information content (AvgIpc) is 3.51. The molecule has 4 aromatic rings. The summed E-state index contributed by atoms with van der Waals surface area (Å²) in [5, 5.41) is 14.9. The molecule has 0 atom stereocenters. The lowest BCUT2D eigenvalue weighted by atomic mass is 9.98. The van der Waals surface area contributed by atoms with Crippen molar-refractivity contribution in [2.75, 3.05) is 13.2 Å². The zero-order valence-electron chi connectivity index (χ0n) is 18.8. The summed E-state index contributed by atoms with van der Waals surface area (Å²) in [5.41, 5.74) is 2.42. The molecule has 2 aromatic heterocycles. The number of nitrogens with zero attached hydrogens (tertiary/aromatic N) is 5. The van der Waals surface area contributed by atoms with Gasteiger partial charge in [-0.3, -0.25) is 9.59 Å². The number of carbonyl (C=O) groups is 1. The first kappa shape index (κ1) is 22.3. The van der Waals surface area contributed by atoms with Crippen LogP contribution in [-0.4, -0.2) is 48.9 Å². The van der Waals surface area contributed by atoms with Crippen molar-refractivity contribution in [3.8, 4) is 5.75 Å². The minimum atomic E-state index is -4.61. The monoisotopic (exact) mass is 496 g/mol. The second kappa shape index (κ2) is 8.18. The van der Waals surface area contributed by atoms with Crippen LogP contribution in [0.4, 0.5) is 13.2 Å². The maximum absolute atomic E-state index is 13.5. The molecule has 9 nitrogen and oxygen atoms in total. The van der Waals surface area contributed by atoms with E-state index in [1.807, 2.05) is 18.2 Å². The van der Waals surface area contributed by atoms with E-state index < -0.39 is 12.0 Å². The van der Waals surface area contributed by atoms with Crippen LogP contribution in [0.5, 0.6) is 5.75 Å². The normalized spacial score (nSPS) is 15.0. The largest absolute Gasteiger partial charge is 0.492 e. The van der Waals surface area contributed by atoms with Gasteiger partial charge in [-0.15, -0.1) is 10.2 Å². The van der Waals surface area contributed by atoms with Crippen LogP contribution in [0, 0.1) is 0 Å². The third kappa shape index (κ3) is 3.69. The van der Waals surface area contributed by atoms with Gasteiger partial charge in [0.15, 0.2) is 5.82 Å². The van der Waals surface area contributed by atoms with Crippen molar-refractivity contribution in [2.45, 2.75) is 32.1 Å². The number of alkyl halides is 3. The fourth-order valence-corrected chi connectivity index (χ4v) is 4.85. The highest BCUT2D eigenvalue weighted by Crippen LogP contribution is 2.34. The van der Waals surface area contributed by atoms with E-state index in [0.717, 1.165) is 21.1 Å². The fraction of sp³-hybridized carbons (Fsp3) is 0.292. The number of ether oxygens (including phenoxy) is 1. The highest BCUT2D eigenvalue weighted by molar-refractivity contribution is 5.98. The summed E-state index contributed by atoms with van der Waals surface area (Å²) in [5.74, 6) is -0.834. The summed E-state index contributed by atoms with van der Waals surface area (Å²) >= 11 is 0. The van der Waals surface area contributed by atoms with Crippen molar-refractivity contribution in [1.29, 1.82) is 0 Å². The van der Waals surface area contributed by atoms with Gasteiger partial charge in [0, 0.05) is 31.3 Å². The first-order valence-electron chi connectivity index (χ1n) is 11.3. The van der Waals surface area contributed by atoms with E-state index in [1.165, 1.54) is 4.90 Å². The molecule has 2 aliphatic heterocycles. The van der Waals surface area contributed by atoms with Crippen molar-refractivity contribution >= 4 is 16.7 Å². The van der Waals surface area contributed by atoms with Crippen molar-refractivity contribution in [3.05, 3.63) is 80.8 Å². The summed E-state index contributed by atoms with van der Waals surface area (Å²) < 4.78 is 46.3. The van der Waals surface area contributed by atoms with E-state index in [4.69, 9.17) is 4.74 Å². The van der Waals surface area contributed by atoms with Crippen LogP contribution >= 0.6 is 0 Å². The molecule has 1 N–H and O–H groups in total. The van der Waals surface area contributed by atoms with Gasteiger partial charge in [-0.25, -0.2) is 5.10 Å².